The molecule has 0 spiro atoms. The Labute approximate surface area is 130 Å². The maximum atomic E-state index is 11.9. The van der Waals surface area contributed by atoms with Crippen LogP contribution in [-0.4, -0.2) is 11.6 Å². The number of ether oxygens (including phenoxy) is 1. The average Bonchev–Trinajstić information content (AvgIpc) is 2.39. The molecule has 0 heterocycles. The van der Waals surface area contributed by atoms with Crippen molar-refractivity contribution >= 4 is 5.97 Å². The minimum Gasteiger partial charge on any atom is -0.459 e. The fourth-order valence-electron chi connectivity index (χ4n) is 4.26. The Bertz CT molecular complexity index is 421. The largest absolute Gasteiger partial charge is 0.459 e. The molecule has 120 valence electrons. The zero-order valence-corrected chi connectivity index (χ0v) is 14.5. The highest BCUT2D eigenvalue weighted by molar-refractivity contribution is 5.69. The maximum absolute atomic E-state index is 11.9. The fourth-order valence-corrected chi connectivity index (χ4v) is 4.26. The second-order valence-electron chi connectivity index (χ2n) is 7.89. The van der Waals surface area contributed by atoms with Crippen LogP contribution in [0.15, 0.2) is 11.6 Å². The summed E-state index contributed by atoms with van der Waals surface area (Å²) in [5, 5.41) is 0. The fraction of sp³-hybridized carbons (Fsp3) is 0.842. The van der Waals surface area contributed by atoms with E-state index in [2.05, 4.69) is 33.8 Å². The lowest BCUT2D eigenvalue weighted by Gasteiger charge is -2.50. The van der Waals surface area contributed by atoms with Crippen LogP contribution in [0.25, 0.3) is 0 Å². The molecule has 2 aliphatic carbocycles. The minimum atomic E-state index is -0.335. The van der Waals surface area contributed by atoms with Crippen molar-refractivity contribution in [3.8, 4) is 0 Å². The summed E-state index contributed by atoms with van der Waals surface area (Å²) in [6.07, 6.45) is 9.91. The second-order valence-corrected chi connectivity index (χ2v) is 7.89. The van der Waals surface area contributed by atoms with Gasteiger partial charge in [0, 0.05) is 6.42 Å². The Balaban J connectivity index is 2.10. The summed E-state index contributed by atoms with van der Waals surface area (Å²) >= 11 is 0. The lowest BCUT2D eigenvalue weighted by Crippen LogP contribution is -2.45. The number of carbonyl (C=O) groups excluding carboxylic acids is 1. The van der Waals surface area contributed by atoms with Crippen LogP contribution < -0.4 is 0 Å². The lowest BCUT2D eigenvalue weighted by atomic mass is 9.56. The molecule has 0 aromatic carbocycles. The number of fused-ring (bicyclic) bond motifs is 1. The first-order valence-corrected chi connectivity index (χ1v) is 8.71. The normalized spacial score (nSPS) is 33.1. The van der Waals surface area contributed by atoms with Crippen molar-refractivity contribution in [1.29, 1.82) is 0 Å². The summed E-state index contributed by atoms with van der Waals surface area (Å²) in [6.45, 7) is 11.1. The van der Waals surface area contributed by atoms with E-state index >= 15 is 0 Å². The van der Waals surface area contributed by atoms with Crippen LogP contribution in [0, 0.1) is 17.3 Å². The van der Waals surface area contributed by atoms with Crippen molar-refractivity contribution in [2.75, 3.05) is 0 Å². The molecule has 21 heavy (non-hydrogen) atoms. The van der Waals surface area contributed by atoms with Gasteiger partial charge in [-0.1, -0.05) is 32.4 Å². The van der Waals surface area contributed by atoms with Gasteiger partial charge in [-0.25, -0.2) is 0 Å². The molecule has 0 unspecified atom stereocenters. The molecule has 0 radical (unpaired) electrons. The summed E-state index contributed by atoms with van der Waals surface area (Å²) in [4.78, 5) is 11.9. The number of allylic oxidation sites excluding steroid dienone is 2. The van der Waals surface area contributed by atoms with Crippen LogP contribution in [0.5, 0.6) is 0 Å². The van der Waals surface area contributed by atoms with Crippen LogP contribution in [-0.2, 0) is 9.53 Å². The van der Waals surface area contributed by atoms with Gasteiger partial charge < -0.3 is 4.74 Å². The summed E-state index contributed by atoms with van der Waals surface area (Å²) in [5.41, 5.74) is 1.64. The van der Waals surface area contributed by atoms with E-state index in [1.165, 1.54) is 19.3 Å². The summed E-state index contributed by atoms with van der Waals surface area (Å²) in [6, 6.07) is 0. The molecule has 0 N–H and O–H groups in total. The molecule has 3 atom stereocenters. The van der Waals surface area contributed by atoms with Crippen molar-refractivity contribution in [3.05, 3.63) is 11.6 Å². The molecule has 2 aliphatic rings. The molecular formula is C19H32O2. The van der Waals surface area contributed by atoms with Crippen LogP contribution in [0.3, 0.4) is 0 Å². The highest BCUT2D eigenvalue weighted by Gasteiger charge is 2.46. The molecule has 0 saturated heterocycles. The number of hydrogen-bond acceptors (Lipinski definition) is 2. The molecular weight excluding hydrogens is 260 g/mol. The first-order chi connectivity index (χ1) is 9.79. The van der Waals surface area contributed by atoms with Gasteiger partial charge in [0.25, 0.3) is 0 Å². The smallest absolute Gasteiger partial charge is 0.306 e. The molecule has 2 nitrogen and oxygen atoms in total. The van der Waals surface area contributed by atoms with E-state index in [1.807, 2.05) is 6.92 Å². The van der Waals surface area contributed by atoms with E-state index in [9.17, 15) is 4.79 Å². The first kappa shape index (κ1) is 16.6. The Morgan fingerprint density at radius 1 is 1.43 bits per heavy atom. The molecule has 0 aromatic rings. The summed E-state index contributed by atoms with van der Waals surface area (Å²) < 4.78 is 5.82. The van der Waals surface area contributed by atoms with Crippen molar-refractivity contribution in [3.63, 3.8) is 0 Å². The highest BCUT2D eigenvalue weighted by Crippen LogP contribution is 2.54. The van der Waals surface area contributed by atoms with Crippen LogP contribution in [0.1, 0.15) is 79.6 Å². The zero-order valence-electron chi connectivity index (χ0n) is 14.5. The minimum absolute atomic E-state index is 0.0364. The molecule has 2 rings (SSSR count). The van der Waals surface area contributed by atoms with Crippen LogP contribution >= 0.6 is 0 Å². The predicted octanol–water partition coefficient (Wildman–Crippen LogP) is 5.27. The number of rotatable bonds is 4. The van der Waals surface area contributed by atoms with Gasteiger partial charge in [0.2, 0.25) is 0 Å². The Morgan fingerprint density at radius 3 is 2.81 bits per heavy atom. The summed E-state index contributed by atoms with van der Waals surface area (Å²) in [5.74, 6) is 1.18. The van der Waals surface area contributed by atoms with Gasteiger partial charge in [-0.05, 0) is 69.6 Å². The van der Waals surface area contributed by atoms with E-state index < -0.39 is 0 Å². The second kappa shape index (κ2) is 6.14. The standard InChI is InChI=1S/C19H32O2/c1-6-8-17(20)21-18(3,4)16-12-11-15-10-7-9-14(2)19(15,5)13-16/h10,14,16H,6-9,11-13H2,1-5H3/t14-,16-,19+/m1/s1. The van der Waals surface area contributed by atoms with Crippen LogP contribution in [0.2, 0.25) is 0 Å². The molecule has 0 aromatic heterocycles. The van der Waals surface area contributed by atoms with Gasteiger partial charge >= 0.3 is 5.97 Å². The quantitative estimate of drug-likeness (QED) is 0.521. The highest BCUT2D eigenvalue weighted by atomic mass is 16.6. The van der Waals surface area contributed by atoms with E-state index in [0.717, 1.165) is 25.2 Å². The predicted molar refractivity (Wildman–Crippen MR) is 87.0 cm³/mol. The topological polar surface area (TPSA) is 26.3 Å². The van der Waals surface area contributed by atoms with Gasteiger partial charge in [-0.15, -0.1) is 0 Å². The Kier molecular flexibility index (Phi) is 4.85. The first-order valence-electron chi connectivity index (χ1n) is 8.71. The monoisotopic (exact) mass is 292 g/mol. The van der Waals surface area contributed by atoms with Gasteiger partial charge in [-0.3, -0.25) is 4.79 Å². The lowest BCUT2D eigenvalue weighted by molar-refractivity contribution is -0.164. The van der Waals surface area contributed by atoms with Gasteiger partial charge in [0.15, 0.2) is 0 Å². The third-order valence-electron chi connectivity index (χ3n) is 6.06. The third kappa shape index (κ3) is 3.35. The number of hydrogen-bond donors (Lipinski definition) is 0. The summed E-state index contributed by atoms with van der Waals surface area (Å²) in [7, 11) is 0. The molecule has 2 heteroatoms. The van der Waals surface area contributed by atoms with E-state index in [4.69, 9.17) is 4.74 Å². The average molecular weight is 292 g/mol. The van der Waals surface area contributed by atoms with Crippen molar-refractivity contribution < 1.29 is 9.53 Å². The third-order valence-corrected chi connectivity index (χ3v) is 6.06. The van der Waals surface area contributed by atoms with Gasteiger partial charge in [0.1, 0.15) is 5.60 Å². The van der Waals surface area contributed by atoms with E-state index in [-0.39, 0.29) is 11.6 Å². The number of esters is 1. The SMILES string of the molecule is CCCC(=O)OC(C)(C)[C@@H]1CCC2=CCC[C@@H](C)[C@]2(C)C1. The molecule has 0 amide bonds. The maximum Gasteiger partial charge on any atom is 0.306 e. The van der Waals surface area contributed by atoms with E-state index in [0.29, 0.717) is 17.8 Å². The van der Waals surface area contributed by atoms with Crippen molar-refractivity contribution in [2.24, 2.45) is 17.3 Å². The van der Waals surface area contributed by atoms with Crippen molar-refractivity contribution in [1.82, 2.24) is 0 Å². The van der Waals surface area contributed by atoms with Crippen molar-refractivity contribution in [2.45, 2.75) is 85.2 Å². The number of carbonyl (C=O) groups is 1. The van der Waals surface area contributed by atoms with Gasteiger partial charge in [-0.2, -0.15) is 0 Å². The van der Waals surface area contributed by atoms with E-state index in [1.54, 1.807) is 5.57 Å². The molecule has 1 saturated carbocycles. The van der Waals surface area contributed by atoms with Gasteiger partial charge in [0.05, 0.1) is 0 Å². The van der Waals surface area contributed by atoms with Crippen LogP contribution in [0.4, 0.5) is 0 Å². The molecule has 0 bridgehead atoms. The molecule has 1 fully saturated rings. The zero-order chi connectivity index (χ0) is 15.7. The Hall–Kier alpha value is -0.790. The Morgan fingerprint density at radius 2 is 2.14 bits per heavy atom. The molecule has 0 aliphatic heterocycles.